The number of hydrogen-bond donors (Lipinski definition) is 2. The molecular weight excluding hydrogens is 476 g/mol. The van der Waals surface area contributed by atoms with E-state index >= 15 is 0 Å². The topological polar surface area (TPSA) is 88.6 Å². The molecule has 0 aliphatic heterocycles. The third-order valence-corrected chi connectivity index (χ3v) is 5.96. The third-order valence-electron chi connectivity index (χ3n) is 5.96. The maximum atomic E-state index is 12.5. The lowest BCUT2D eigenvalue weighted by atomic mass is 10.1. The number of nitrogens with zero attached hydrogens (tertiary/aromatic N) is 2. The van der Waals surface area contributed by atoms with Crippen molar-refractivity contribution in [2.24, 2.45) is 5.10 Å². The number of aromatic nitrogens is 2. The van der Waals surface area contributed by atoms with Crippen molar-refractivity contribution in [3.63, 3.8) is 0 Å². The molecule has 1 heterocycles. The average molecular weight is 511 g/mol. The Kier molecular flexibility index (Phi) is 10.1. The summed E-state index contributed by atoms with van der Waals surface area (Å²) in [5.74, 6) is 1.89. The number of unbranched alkanes of at least 4 members (excludes halogenated alkanes) is 5. The second-order valence-corrected chi connectivity index (χ2v) is 8.99. The van der Waals surface area contributed by atoms with Crippen LogP contribution in [0.5, 0.6) is 17.2 Å². The molecule has 0 aliphatic carbocycles. The molecule has 7 heteroatoms. The molecule has 0 saturated carbocycles. The number of amides is 1. The standard InChI is InChI=1S/C31H34N4O3/c1-2-3-4-5-6-10-20-37-26-18-16-25(17-19-26)29-22-30(34-33-29)31(36)35-32-23-24-12-11-15-28(21-24)38-27-13-8-7-9-14-27/h7-9,11-19,21-23H,2-6,10,20H2,1H3,(H,33,34)(H,35,36). The molecule has 7 nitrogen and oxygen atoms in total. The molecule has 0 aliphatic rings. The number of benzene rings is 3. The van der Waals surface area contributed by atoms with Crippen molar-refractivity contribution in [2.45, 2.75) is 45.4 Å². The first kappa shape index (κ1) is 26.7. The molecule has 0 unspecified atom stereocenters. The highest BCUT2D eigenvalue weighted by atomic mass is 16.5. The smallest absolute Gasteiger partial charge is 0.289 e. The summed E-state index contributed by atoms with van der Waals surface area (Å²) in [7, 11) is 0. The van der Waals surface area contributed by atoms with Gasteiger partial charge in [0.25, 0.3) is 5.91 Å². The molecule has 3 aromatic carbocycles. The summed E-state index contributed by atoms with van der Waals surface area (Å²) < 4.78 is 11.7. The van der Waals surface area contributed by atoms with Crippen molar-refractivity contribution in [1.82, 2.24) is 15.6 Å². The van der Waals surface area contributed by atoms with E-state index in [0.29, 0.717) is 17.1 Å². The quantitative estimate of drug-likeness (QED) is 0.105. The molecular formula is C31H34N4O3. The summed E-state index contributed by atoms with van der Waals surface area (Å²) in [6.45, 7) is 2.95. The lowest BCUT2D eigenvalue weighted by Gasteiger charge is -2.06. The Balaban J connectivity index is 1.24. The number of hydrogen-bond acceptors (Lipinski definition) is 5. The van der Waals surface area contributed by atoms with Crippen LogP contribution in [-0.4, -0.2) is 28.9 Å². The van der Waals surface area contributed by atoms with Crippen molar-refractivity contribution in [1.29, 1.82) is 0 Å². The second-order valence-electron chi connectivity index (χ2n) is 8.99. The number of H-pyrrole nitrogens is 1. The van der Waals surface area contributed by atoms with Crippen LogP contribution in [0, 0.1) is 0 Å². The zero-order valence-electron chi connectivity index (χ0n) is 21.7. The Bertz CT molecular complexity index is 1300. The molecule has 0 radical (unpaired) electrons. The molecule has 0 bridgehead atoms. The van der Waals surface area contributed by atoms with Gasteiger partial charge in [-0.05, 0) is 66.6 Å². The van der Waals surface area contributed by atoms with Gasteiger partial charge in [-0.15, -0.1) is 0 Å². The highest BCUT2D eigenvalue weighted by molar-refractivity contribution is 5.94. The number of carbonyl (C=O) groups excluding carboxylic acids is 1. The van der Waals surface area contributed by atoms with Crippen molar-refractivity contribution >= 4 is 12.1 Å². The maximum Gasteiger partial charge on any atom is 0.289 e. The average Bonchev–Trinajstić information content (AvgIpc) is 3.44. The van der Waals surface area contributed by atoms with Crippen molar-refractivity contribution < 1.29 is 14.3 Å². The van der Waals surface area contributed by atoms with Gasteiger partial charge in [0.15, 0.2) is 0 Å². The molecule has 4 rings (SSSR count). The zero-order chi connectivity index (χ0) is 26.4. The van der Waals surface area contributed by atoms with Gasteiger partial charge in [-0.2, -0.15) is 10.2 Å². The first-order valence-corrected chi connectivity index (χ1v) is 13.2. The van der Waals surface area contributed by atoms with E-state index in [4.69, 9.17) is 9.47 Å². The van der Waals surface area contributed by atoms with Gasteiger partial charge < -0.3 is 9.47 Å². The van der Waals surface area contributed by atoms with Crippen molar-refractivity contribution in [2.75, 3.05) is 6.61 Å². The maximum absolute atomic E-state index is 12.5. The van der Waals surface area contributed by atoms with Gasteiger partial charge in [0.2, 0.25) is 0 Å². The zero-order valence-corrected chi connectivity index (χ0v) is 21.7. The van der Waals surface area contributed by atoms with Gasteiger partial charge >= 0.3 is 0 Å². The van der Waals surface area contributed by atoms with E-state index in [0.717, 1.165) is 35.7 Å². The first-order valence-electron chi connectivity index (χ1n) is 13.2. The van der Waals surface area contributed by atoms with Gasteiger partial charge in [0.05, 0.1) is 18.5 Å². The number of nitrogens with one attached hydrogen (secondary N) is 2. The van der Waals surface area contributed by atoms with Crippen molar-refractivity contribution in [3.8, 4) is 28.5 Å². The van der Waals surface area contributed by atoms with E-state index in [1.165, 1.54) is 32.1 Å². The van der Waals surface area contributed by atoms with E-state index < -0.39 is 0 Å². The van der Waals surface area contributed by atoms with Crippen LogP contribution in [0.25, 0.3) is 11.3 Å². The second kappa shape index (κ2) is 14.4. The van der Waals surface area contributed by atoms with Crippen LogP contribution < -0.4 is 14.9 Å². The minimum absolute atomic E-state index is 0.321. The van der Waals surface area contributed by atoms with Crippen LogP contribution in [0.1, 0.15) is 61.5 Å². The van der Waals surface area contributed by atoms with Crippen LogP contribution in [0.4, 0.5) is 0 Å². The lowest BCUT2D eigenvalue weighted by molar-refractivity contribution is 0.0950. The molecule has 2 N–H and O–H groups in total. The molecule has 196 valence electrons. The summed E-state index contributed by atoms with van der Waals surface area (Å²) in [6.07, 6.45) is 8.99. The third kappa shape index (κ3) is 8.34. The monoisotopic (exact) mass is 510 g/mol. The predicted molar refractivity (Wildman–Crippen MR) is 151 cm³/mol. The number of rotatable bonds is 14. The largest absolute Gasteiger partial charge is 0.494 e. The number of para-hydroxylation sites is 1. The highest BCUT2D eigenvalue weighted by Crippen LogP contribution is 2.23. The van der Waals surface area contributed by atoms with Crippen LogP contribution >= 0.6 is 0 Å². The minimum Gasteiger partial charge on any atom is -0.494 e. The van der Waals surface area contributed by atoms with E-state index in [9.17, 15) is 4.79 Å². The van der Waals surface area contributed by atoms with Crippen LogP contribution in [0.3, 0.4) is 0 Å². The van der Waals surface area contributed by atoms with Crippen LogP contribution in [-0.2, 0) is 0 Å². The molecule has 4 aromatic rings. The van der Waals surface area contributed by atoms with Crippen molar-refractivity contribution in [3.05, 3.63) is 96.2 Å². The van der Waals surface area contributed by atoms with Gasteiger partial charge in [0.1, 0.15) is 22.9 Å². The number of carbonyl (C=O) groups is 1. The summed E-state index contributed by atoms with van der Waals surface area (Å²) in [5.41, 5.74) is 5.22. The number of hydrazone groups is 1. The molecule has 0 spiro atoms. The van der Waals surface area contributed by atoms with Gasteiger partial charge in [0, 0.05) is 5.56 Å². The Labute approximate surface area is 223 Å². The first-order chi connectivity index (χ1) is 18.7. The normalized spacial score (nSPS) is 11.0. The van der Waals surface area contributed by atoms with E-state index in [1.54, 1.807) is 12.3 Å². The van der Waals surface area contributed by atoms with E-state index in [1.807, 2.05) is 78.9 Å². The Morgan fingerprint density at radius 2 is 1.63 bits per heavy atom. The van der Waals surface area contributed by atoms with Gasteiger partial charge in [-0.25, -0.2) is 5.43 Å². The molecule has 0 atom stereocenters. The highest BCUT2D eigenvalue weighted by Gasteiger charge is 2.10. The van der Waals surface area contributed by atoms with Crippen LogP contribution in [0.2, 0.25) is 0 Å². The fourth-order valence-electron chi connectivity index (χ4n) is 3.89. The van der Waals surface area contributed by atoms with E-state index in [2.05, 4.69) is 27.6 Å². The summed E-state index contributed by atoms with van der Waals surface area (Å²) in [4.78, 5) is 12.5. The molecule has 0 saturated heterocycles. The molecule has 38 heavy (non-hydrogen) atoms. The predicted octanol–water partition coefficient (Wildman–Crippen LogP) is 7.37. The molecule has 1 aromatic heterocycles. The molecule has 1 amide bonds. The lowest BCUT2D eigenvalue weighted by Crippen LogP contribution is -2.18. The van der Waals surface area contributed by atoms with Gasteiger partial charge in [-0.1, -0.05) is 69.4 Å². The molecule has 0 fully saturated rings. The number of aromatic amines is 1. The summed E-state index contributed by atoms with van der Waals surface area (Å²) >= 11 is 0. The SMILES string of the molecule is CCCCCCCCOc1ccc(-c2cc(C(=O)NN=Cc3cccc(Oc4ccccc4)c3)[nH]n2)cc1. The number of ether oxygens (including phenoxy) is 2. The summed E-state index contributed by atoms with van der Waals surface area (Å²) in [6, 6.07) is 26.4. The summed E-state index contributed by atoms with van der Waals surface area (Å²) in [5, 5.41) is 11.1. The van der Waals surface area contributed by atoms with Gasteiger partial charge in [-0.3, -0.25) is 9.89 Å². The fraction of sp³-hybridized carbons (Fsp3) is 0.258. The minimum atomic E-state index is -0.379. The van der Waals surface area contributed by atoms with Crippen LogP contribution in [0.15, 0.2) is 90.0 Å². The Morgan fingerprint density at radius 3 is 2.45 bits per heavy atom. The Hall–Kier alpha value is -4.39. The fourth-order valence-corrected chi connectivity index (χ4v) is 3.89. The Morgan fingerprint density at radius 1 is 0.868 bits per heavy atom. The van der Waals surface area contributed by atoms with E-state index in [-0.39, 0.29) is 5.91 Å².